The fraction of sp³-hybridized carbons (Fsp3) is 0.250. The van der Waals surface area contributed by atoms with Gasteiger partial charge in [0.05, 0.1) is 14.2 Å². The number of aromatic nitrogens is 4. The Labute approximate surface area is 168 Å². The molecule has 0 saturated heterocycles. The summed E-state index contributed by atoms with van der Waals surface area (Å²) in [5.74, 6) is -0.825. The third kappa shape index (κ3) is 4.01. The highest BCUT2D eigenvalue weighted by atomic mass is 32.2. The molecule has 14 heteroatoms. The van der Waals surface area contributed by atoms with E-state index < -0.39 is 28.1 Å². The number of pyridine rings is 1. The number of aromatic amines is 1. The lowest BCUT2D eigenvalue weighted by molar-refractivity contribution is 0.146. The molecule has 3 heterocycles. The third-order valence-corrected chi connectivity index (χ3v) is 5.10. The van der Waals surface area contributed by atoms with Gasteiger partial charge < -0.3 is 19.2 Å². The van der Waals surface area contributed by atoms with Crippen LogP contribution in [-0.2, 0) is 10.0 Å². The molecule has 0 aliphatic rings. The van der Waals surface area contributed by atoms with Crippen LogP contribution in [0.15, 0.2) is 23.2 Å². The van der Waals surface area contributed by atoms with E-state index in [9.17, 15) is 17.2 Å². The van der Waals surface area contributed by atoms with Crippen molar-refractivity contribution in [3.63, 3.8) is 0 Å². The molecule has 0 aliphatic carbocycles. The average Bonchev–Trinajstić information content (AvgIpc) is 3.16. The number of alkyl halides is 2. The number of hydrogen-bond acceptors (Lipinski definition) is 9. The van der Waals surface area contributed by atoms with Gasteiger partial charge in [-0.2, -0.15) is 15.2 Å². The maximum atomic E-state index is 12.8. The molecule has 0 bridgehead atoms. The van der Waals surface area contributed by atoms with E-state index in [-0.39, 0.29) is 40.0 Å². The monoisotopic (exact) mass is 440 g/mol. The number of nitrogens with zero attached hydrogens (tertiary/aromatic N) is 4. The minimum atomic E-state index is -4.25. The van der Waals surface area contributed by atoms with E-state index in [2.05, 4.69) is 24.7 Å². The summed E-state index contributed by atoms with van der Waals surface area (Å²) in [6.07, 6.45) is -1.69. The molecule has 3 aromatic rings. The molecular weight excluding hydrogens is 426 g/mol. The lowest BCUT2D eigenvalue weighted by Crippen LogP contribution is -2.16. The molecule has 0 aliphatic heterocycles. The summed E-state index contributed by atoms with van der Waals surface area (Å²) < 4.78 is 68.6. The van der Waals surface area contributed by atoms with Gasteiger partial charge in [-0.25, -0.2) is 26.9 Å². The first-order valence-electron chi connectivity index (χ1n) is 8.09. The number of nitriles is 1. The van der Waals surface area contributed by atoms with Gasteiger partial charge in [0.15, 0.2) is 6.61 Å². The molecular formula is C16H14F2N6O5S. The van der Waals surface area contributed by atoms with Crippen LogP contribution in [0.4, 0.5) is 14.7 Å². The molecule has 11 nitrogen and oxygen atoms in total. The van der Waals surface area contributed by atoms with E-state index >= 15 is 0 Å². The number of H-pyrrole nitrogens is 1. The first kappa shape index (κ1) is 21.0. The number of rotatable bonds is 8. The standard InChI is InChI=1S/C16H14F2N6O5S/c1-27-14-11(29-6-5-19)15(28-2)23-16(22-14)24-30(25,26)10-7-20-13-8(10)3-4-9(21-13)12(17)18/h3-4,7,12H,6H2,1-2H3,(H,20,21)(H,22,23,24). The Kier molecular flexibility index (Phi) is 5.83. The number of halogens is 2. The SMILES string of the molecule is COc1nc(NS(=O)(=O)c2c[nH]c3nc(C(F)F)ccc23)nc(OC)c1OCC#N. The van der Waals surface area contributed by atoms with E-state index in [1.807, 2.05) is 0 Å². The molecule has 3 aromatic heterocycles. The van der Waals surface area contributed by atoms with Gasteiger partial charge in [-0.1, -0.05) is 0 Å². The number of anilines is 1. The Balaban J connectivity index is 1.99. The van der Waals surface area contributed by atoms with E-state index in [1.165, 1.54) is 20.3 Å². The van der Waals surface area contributed by atoms with Crippen LogP contribution in [0.1, 0.15) is 12.1 Å². The van der Waals surface area contributed by atoms with E-state index in [4.69, 9.17) is 19.5 Å². The van der Waals surface area contributed by atoms with Crippen molar-refractivity contribution in [3.05, 3.63) is 24.0 Å². The second-order valence-corrected chi connectivity index (χ2v) is 7.18. The normalized spacial score (nSPS) is 11.3. The van der Waals surface area contributed by atoms with Gasteiger partial charge in [0, 0.05) is 11.6 Å². The first-order valence-corrected chi connectivity index (χ1v) is 9.57. The lowest BCUT2D eigenvalue weighted by Gasteiger charge is -2.13. The lowest BCUT2D eigenvalue weighted by atomic mass is 10.3. The highest BCUT2D eigenvalue weighted by Crippen LogP contribution is 2.35. The van der Waals surface area contributed by atoms with Crippen LogP contribution in [0.3, 0.4) is 0 Å². The van der Waals surface area contributed by atoms with Crippen molar-refractivity contribution in [2.75, 3.05) is 25.5 Å². The van der Waals surface area contributed by atoms with Gasteiger partial charge >= 0.3 is 0 Å². The fourth-order valence-electron chi connectivity index (χ4n) is 2.47. The number of fused-ring (bicyclic) bond motifs is 1. The molecule has 0 spiro atoms. The van der Waals surface area contributed by atoms with Gasteiger partial charge in [-0.3, -0.25) is 0 Å². The summed E-state index contributed by atoms with van der Waals surface area (Å²) in [5.41, 5.74) is -0.517. The molecule has 0 aromatic carbocycles. The zero-order chi connectivity index (χ0) is 21.9. The van der Waals surface area contributed by atoms with Crippen LogP contribution in [0, 0.1) is 11.3 Å². The molecule has 0 radical (unpaired) electrons. The van der Waals surface area contributed by atoms with Gasteiger partial charge in [-0.15, -0.1) is 0 Å². The third-order valence-electron chi connectivity index (χ3n) is 3.73. The van der Waals surface area contributed by atoms with Gasteiger partial charge in [0.25, 0.3) is 28.2 Å². The zero-order valence-corrected chi connectivity index (χ0v) is 16.3. The van der Waals surface area contributed by atoms with Crippen molar-refractivity contribution in [1.29, 1.82) is 5.26 Å². The minimum Gasteiger partial charge on any atom is -0.478 e. The number of methoxy groups -OCH3 is 2. The number of sulfonamides is 1. The molecule has 0 fully saturated rings. The molecule has 0 unspecified atom stereocenters. The van der Waals surface area contributed by atoms with Crippen LogP contribution in [0.2, 0.25) is 0 Å². The Morgan fingerprint density at radius 2 is 1.87 bits per heavy atom. The second-order valence-electron chi connectivity index (χ2n) is 5.53. The predicted molar refractivity (Wildman–Crippen MR) is 98.1 cm³/mol. The zero-order valence-electron chi connectivity index (χ0n) is 15.5. The highest BCUT2D eigenvalue weighted by molar-refractivity contribution is 7.93. The van der Waals surface area contributed by atoms with Gasteiger partial charge in [-0.05, 0) is 12.1 Å². The van der Waals surface area contributed by atoms with Crippen LogP contribution in [0.25, 0.3) is 11.0 Å². The summed E-state index contributed by atoms with van der Waals surface area (Å²) in [6.45, 7) is -0.343. The largest absolute Gasteiger partial charge is 0.478 e. The summed E-state index contributed by atoms with van der Waals surface area (Å²) >= 11 is 0. The Hall–Kier alpha value is -3.73. The highest BCUT2D eigenvalue weighted by Gasteiger charge is 2.25. The predicted octanol–water partition coefficient (Wildman–Crippen LogP) is 2.01. The van der Waals surface area contributed by atoms with Crippen molar-refractivity contribution < 1.29 is 31.4 Å². The topological polar surface area (TPSA) is 152 Å². The Morgan fingerprint density at radius 1 is 1.20 bits per heavy atom. The van der Waals surface area contributed by atoms with Crippen molar-refractivity contribution in [1.82, 2.24) is 19.9 Å². The second kappa shape index (κ2) is 8.33. The number of hydrogen-bond donors (Lipinski definition) is 2. The van der Waals surface area contributed by atoms with Crippen molar-refractivity contribution in [2.24, 2.45) is 0 Å². The summed E-state index contributed by atoms with van der Waals surface area (Å²) in [5, 5.41) is 8.76. The summed E-state index contributed by atoms with van der Waals surface area (Å²) in [4.78, 5) is 13.8. The van der Waals surface area contributed by atoms with Crippen LogP contribution in [0.5, 0.6) is 17.5 Å². The Morgan fingerprint density at radius 3 is 2.43 bits per heavy atom. The smallest absolute Gasteiger partial charge is 0.280 e. The molecule has 30 heavy (non-hydrogen) atoms. The van der Waals surface area contributed by atoms with Crippen molar-refractivity contribution >= 4 is 27.0 Å². The molecule has 2 N–H and O–H groups in total. The van der Waals surface area contributed by atoms with E-state index in [1.54, 1.807) is 6.07 Å². The molecule has 3 rings (SSSR count). The maximum Gasteiger partial charge on any atom is 0.280 e. The molecule has 0 amide bonds. The Bertz CT molecular complexity index is 1200. The van der Waals surface area contributed by atoms with E-state index in [0.717, 1.165) is 12.3 Å². The summed E-state index contributed by atoms with van der Waals surface area (Å²) in [6, 6.07) is 4.01. The number of ether oxygens (including phenoxy) is 3. The first-order chi connectivity index (χ1) is 14.3. The van der Waals surface area contributed by atoms with E-state index in [0.29, 0.717) is 0 Å². The van der Waals surface area contributed by atoms with Crippen LogP contribution < -0.4 is 18.9 Å². The van der Waals surface area contributed by atoms with Crippen molar-refractivity contribution in [3.8, 4) is 23.6 Å². The average molecular weight is 440 g/mol. The molecule has 0 atom stereocenters. The summed E-state index contributed by atoms with van der Waals surface area (Å²) in [7, 11) is -1.74. The molecule has 0 saturated carbocycles. The van der Waals surface area contributed by atoms with Crippen molar-refractivity contribution in [2.45, 2.75) is 11.3 Å². The maximum absolute atomic E-state index is 12.8. The fourth-order valence-corrected chi connectivity index (χ4v) is 3.58. The van der Waals surface area contributed by atoms with Gasteiger partial charge in [0.2, 0.25) is 11.7 Å². The number of nitrogens with one attached hydrogen (secondary N) is 2. The van der Waals surface area contributed by atoms with Crippen LogP contribution >= 0.6 is 0 Å². The quantitative estimate of drug-likeness (QED) is 0.536. The van der Waals surface area contributed by atoms with Crippen LogP contribution in [-0.4, -0.2) is 49.2 Å². The minimum absolute atomic E-state index is 0.0236. The van der Waals surface area contributed by atoms with Gasteiger partial charge in [0.1, 0.15) is 22.3 Å². The molecule has 158 valence electrons.